The summed E-state index contributed by atoms with van der Waals surface area (Å²) in [6.45, 7) is 2.25. The van der Waals surface area contributed by atoms with Crippen molar-refractivity contribution in [3.63, 3.8) is 0 Å². The first kappa shape index (κ1) is 14.9. The van der Waals surface area contributed by atoms with E-state index in [0.29, 0.717) is 17.2 Å². The van der Waals surface area contributed by atoms with Crippen molar-refractivity contribution in [2.75, 3.05) is 5.32 Å². The van der Waals surface area contributed by atoms with E-state index in [-0.39, 0.29) is 11.8 Å². The zero-order valence-electron chi connectivity index (χ0n) is 13.7. The summed E-state index contributed by atoms with van der Waals surface area (Å²) in [5.41, 5.74) is 3.24. The lowest BCUT2D eigenvalue weighted by Gasteiger charge is -2.25. The van der Waals surface area contributed by atoms with Gasteiger partial charge in [-0.2, -0.15) is 5.10 Å². The zero-order chi connectivity index (χ0) is 16.5. The number of rotatable bonds is 3. The summed E-state index contributed by atoms with van der Waals surface area (Å²) in [6.07, 6.45) is 5.82. The van der Waals surface area contributed by atoms with Crippen molar-refractivity contribution in [1.82, 2.24) is 20.2 Å². The van der Waals surface area contributed by atoms with E-state index in [1.807, 2.05) is 24.3 Å². The highest BCUT2D eigenvalue weighted by Crippen LogP contribution is 2.30. The largest absolute Gasteiger partial charge is 0.337 e. The van der Waals surface area contributed by atoms with Crippen LogP contribution in [0.4, 0.5) is 5.69 Å². The number of amides is 1. The van der Waals surface area contributed by atoms with Gasteiger partial charge >= 0.3 is 0 Å². The smallest absolute Gasteiger partial charge is 0.227 e. The van der Waals surface area contributed by atoms with Crippen LogP contribution in [-0.2, 0) is 4.79 Å². The fraction of sp³-hybridized carbons (Fsp3) is 0.389. The lowest BCUT2D eigenvalue weighted by atomic mass is 9.82. The minimum absolute atomic E-state index is 0.0839. The molecular weight excluding hydrogens is 302 g/mol. The molecule has 1 amide bonds. The molecule has 2 heterocycles. The van der Waals surface area contributed by atoms with E-state index >= 15 is 0 Å². The zero-order valence-corrected chi connectivity index (χ0v) is 13.7. The number of para-hydroxylation sites is 2. The molecule has 24 heavy (non-hydrogen) atoms. The van der Waals surface area contributed by atoms with E-state index in [0.717, 1.165) is 42.6 Å². The first-order valence-electron chi connectivity index (χ1n) is 8.50. The molecule has 0 spiro atoms. The maximum absolute atomic E-state index is 12.5. The van der Waals surface area contributed by atoms with Crippen LogP contribution in [0.5, 0.6) is 0 Å². The molecule has 1 saturated carbocycles. The Hall–Kier alpha value is -2.63. The summed E-state index contributed by atoms with van der Waals surface area (Å²) < 4.78 is 0. The molecule has 1 aliphatic rings. The Balaban J connectivity index is 1.55. The molecule has 124 valence electrons. The van der Waals surface area contributed by atoms with E-state index in [9.17, 15) is 4.79 Å². The number of carbonyl (C=O) groups is 1. The molecule has 1 fully saturated rings. The summed E-state index contributed by atoms with van der Waals surface area (Å²) in [6, 6.07) is 7.84. The number of aromatic amines is 2. The van der Waals surface area contributed by atoms with E-state index in [2.05, 4.69) is 32.4 Å². The number of hydrogen-bond acceptors (Lipinski definition) is 3. The quantitative estimate of drug-likeness (QED) is 0.686. The summed E-state index contributed by atoms with van der Waals surface area (Å²) >= 11 is 0. The number of anilines is 1. The van der Waals surface area contributed by atoms with Gasteiger partial charge in [-0.15, -0.1) is 0 Å². The lowest BCUT2D eigenvalue weighted by molar-refractivity contribution is -0.121. The number of fused-ring (bicyclic) bond motifs is 1. The van der Waals surface area contributed by atoms with Crippen molar-refractivity contribution in [3.8, 4) is 11.5 Å². The van der Waals surface area contributed by atoms with Crippen molar-refractivity contribution in [3.05, 3.63) is 30.5 Å². The summed E-state index contributed by atoms with van der Waals surface area (Å²) in [5.74, 6) is 1.59. The number of nitrogens with zero attached hydrogens (tertiary/aromatic N) is 2. The average molecular weight is 323 g/mol. The van der Waals surface area contributed by atoms with Crippen molar-refractivity contribution in [2.24, 2.45) is 11.8 Å². The Morgan fingerprint density at radius 3 is 2.79 bits per heavy atom. The number of benzene rings is 1. The maximum atomic E-state index is 12.5. The standard InChI is InChI=1S/C18H21N5O/c1-11-6-8-12(9-7-11)18(24)22-15-10-19-23-16(15)17-20-13-4-2-3-5-14(13)21-17/h2-5,10-12H,6-9H2,1H3,(H,19,23)(H,20,21)(H,22,24). The van der Waals surface area contributed by atoms with E-state index in [1.54, 1.807) is 6.20 Å². The third-order valence-corrected chi connectivity index (χ3v) is 4.91. The van der Waals surface area contributed by atoms with Crippen LogP contribution in [0.3, 0.4) is 0 Å². The molecule has 0 radical (unpaired) electrons. The Morgan fingerprint density at radius 2 is 2.00 bits per heavy atom. The van der Waals surface area contributed by atoms with Crippen LogP contribution in [0.25, 0.3) is 22.6 Å². The molecule has 0 atom stereocenters. The Morgan fingerprint density at radius 1 is 1.21 bits per heavy atom. The molecule has 6 heteroatoms. The predicted molar refractivity (Wildman–Crippen MR) is 93.4 cm³/mol. The van der Waals surface area contributed by atoms with Crippen LogP contribution in [0.15, 0.2) is 30.5 Å². The Labute approximate surface area is 140 Å². The predicted octanol–water partition coefficient (Wildman–Crippen LogP) is 3.72. The van der Waals surface area contributed by atoms with Gasteiger partial charge in [0.2, 0.25) is 5.91 Å². The molecule has 1 aromatic carbocycles. The van der Waals surface area contributed by atoms with Gasteiger partial charge in [0.1, 0.15) is 5.69 Å². The highest BCUT2D eigenvalue weighted by Gasteiger charge is 2.25. The molecule has 2 aromatic heterocycles. The van der Waals surface area contributed by atoms with E-state index < -0.39 is 0 Å². The highest BCUT2D eigenvalue weighted by molar-refractivity contribution is 5.95. The Bertz CT molecular complexity index is 824. The fourth-order valence-electron chi connectivity index (χ4n) is 3.39. The van der Waals surface area contributed by atoms with Crippen molar-refractivity contribution >= 4 is 22.6 Å². The van der Waals surface area contributed by atoms with Crippen molar-refractivity contribution in [1.29, 1.82) is 0 Å². The third-order valence-electron chi connectivity index (χ3n) is 4.91. The Kier molecular flexibility index (Phi) is 3.80. The molecule has 3 N–H and O–H groups in total. The number of aromatic nitrogens is 4. The van der Waals surface area contributed by atoms with Crippen LogP contribution >= 0.6 is 0 Å². The second-order valence-electron chi connectivity index (χ2n) is 6.71. The number of H-pyrrole nitrogens is 2. The number of carbonyl (C=O) groups excluding carboxylic acids is 1. The lowest BCUT2D eigenvalue weighted by Crippen LogP contribution is -2.26. The monoisotopic (exact) mass is 323 g/mol. The van der Waals surface area contributed by atoms with Gasteiger partial charge < -0.3 is 10.3 Å². The van der Waals surface area contributed by atoms with Gasteiger partial charge in [0, 0.05) is 5.92 Å². The van der Waals surface area contributed by atoms with Crippen molar-refractivity contribution < 1.29 is 4.79 Å². The maximum Gasteiger partial charge on any atom is 0.227 e. The first-order chi connectivity index (χ1) is 11.7. The molecule has 0 unspecified atom stereocenters. The number of hydrogen-bond donors (Lipinski definition) is 3. The molecule has 0 bridgehead atoms. The van der Waals surface area contributed by atoms with Crippen LogP contribution in [-0.4, -0.2) is 26.1 Å². The molecule has 0 saturated heterocycles. The van der Waals surface area contributed by atoms with Gasteiger partial charge in [-0.1, -0.05) is 19.1 Å². The van der Waals surface area contributed by atoms with Crippen LogP contribution in [0.2, 0.25) is 0 Å². The van der Waals surface area contributed by atoms with Gasteiger partial charge in [-0.25, -0.2) is 4.98 Å². The fourth-order valence-corrected chi connectivity index (χ4v) is 3.39. The highest BCUT2D eigenvalue weighted by atomic mass is 16.1. The number of nitrogens with one attached hydrogen (secondary N) is 3. The molecule has 1 aliphatic carbocycles. The summed E-state index contributed by atoms with van der Waals surface area (Å²) in [5, 5.41) is 10.0. The molecular formula is C18H21N5O. The summed E-state index contributed by atoms with van der Waals surface area (Å²) in [7, 11) is 0. The van der Waals surface area contributed by atoms with Crippen LogP contribution in [0, 0.1) is 11.8 Å². The second-order valence-corrected chi connectivity index (χ2v) is 6.71. The van der Waals surface area contributed by atoms with Crippen LogP contribution < -0.4 is 5.32 Å². The van der Waals surface area contributed by atoms with Crippen LogP contribution in [0.1, 0.15) is 32.6 Å². The minimum Gasteiger partial charge on any atom is -0.337 e. The molecule has 6 nitrogen and oxygen atoms in total. The summed E-state index contributed by atoms with van der Waals surface area (Å²) in [4.78, 5) is 20.4. The number of imidazole rings is 1. The average Bonchev–Trinajstić information content (AvgIpc) is 3.21. The van der Waals surface area contributed by atoms with E-state index in [4.69, 9.17) is 0 Å². The van der Waals surface area contributed by atoms with E-state index in [1.165, 1.54) is 0 Å². The van der Waals surface area contributed by atoms with Gasteiger partial charge in [0.05, 0.1) is 22.9 Å². The topological polar surface area (TPSA) is 86.5 Å². The van der Waals surface area contributed by atoms with Crippen molar-refractivity contribution in [2.45, 2.75) is 32.6 Å². The van der Waals surface area contributed by atoms with Gasteiger partial charge in [-0.3, -0.25) is 9.89 Å². The van der Waals surface area contributed by atoms with Gasteiger partial charge in [0.25, 0.3) is 0 Å². The third kappa shape index (κ3) is 2.79. The molecule has 3 aromatic rings. The normalized spacial score (nSPS) is 21.0. The second kappa shape index (κ2) is 6.11. The van der Waals surface area contributed by atoms with Gasteiger partial charge in [-0.05, 0) is 43.7 Å². The van der Waals surface area contributed by atoms with Gasteiger partial charge in [0.15, 0.2) is 5.82 Å². The molecule has 4 rings (SSSR count). The molecule has 0 aliphatic heterocycles. The first-order valence-corrected chi connectivity index (χ1v) is 8.50. The minimum atomic E-state index is 0.0839. The SMILES string of the molecule is CC1CCC(C(=O)Nc2cn[nH]c2-c2nc3ccccc3[nH]2)CC1.